The summed E-state index contributed by atoms with van der Waals surface area (Å²) in [4.78, 5) is 23.8. The summed E-state index contributed by atoms with van der Waals surface area (Å²) in [5.41, 5.74) is 0.301. The number of rotatable bonds is 8. The molecule has 0 radical (unpaired) electrons. The lowest BCUT2D eigenvalue weighted by atomic mass is 10.2. The van der Waals surface area contributed by atoms with Crippen molar-refractivity contribution in [2.75, 3.05) is 20.3 Å². The van der Waals surface area contributed by atoms with Crippen LogP contribution in [-0.4, -0.2) is 38.2 Å². The zero-order chi connectivity index (χ0) is 16.5. The van der Waals surface area contributed by atoms with Gasteiger partial charge in [0.05, 0.1) is 19.3 Å². The number of esters is 1. The molecule has 0 heterocycles. The van der Waals surface area contributed by atoms with E-state index in [-0.39, 0.29) is 5.91 Å². The van der Waals surface area contributed by atoms with Crippen LogP contribution in [0.25, 0.3) is 0 Å². The number of amides is 1. The van der Waals surface area contributed by atoms with Crippen molar-refractivity contribution in [3.8, 4) is 11.5 Å². The van der Waals surface area contributed by atoms with E-state index < -0.39 is 12.1 Å². The molecule has 0 saturated heterocycles. The van der Waals surface area contributed by atoms with E-state index in [0.29, 0.717) is 30.2 Å². The van der Waals surface area contributed by atoms with Gasteiger partial charge in [0, 0.05) is 6.54 Å². The second kappa shape index (κ2) is 8.92. The van der Waals surface area contributed by atoms with Crippen LogP contribution in [0.5, 0.6) is 11.5 Å². The quantitative estimate of drug-likeness (QED) is 0.745. The van der Waals surface area contributed by atoms with E-state index in [1.165, 1.54) is 20.1 Å². The van der Waals surface area contributed by atoms with Gasteiger partial charge < -0.3 is 19.5 Å². The fourth-order valence-corrected chi connectivity index (χ4v) is 1.74. The van der Waals surface area contributed by atoms with Gasteiger partial charge in [-0.1, -0.05) is 6.92 Å². The summed E-state index contributed by atoms with van der Waals surface area (Å²) in [7, 11) is 1.49. The molecule has 1 amide bonds. The summed E-state index contributed by atoms with van der Waals surface area (Å²) >= 11 is 0. The Morgan fingerprint density at radius 2 is 1.95 bits per heavy atom. The number of methoxy groups -OCH3 is 1. The molecule has 1 atom stereocenters. The molecule has 22 heavy (non-hydrogen) atoms. The molecule has 0 saturated carbocycles. The standard InChI is InChI=1S/C16H23NO5/c1-5-9-17-15(18)11(3)22-16(19)12-7-8-13(21-6-2)14(10-12)20-4/h7-8,10-11H,5-6,9H2,1-4H3,(H,17,18)/t11-/m1/s1. The highest BCUT2D eigenvalue weighted by molar-refractivity contribution is 5.92. The van der Waals surface area contributed by atoms with Crippen LogP contribution in [0.15, 0.2) is 18.2 Å². The Morgan fingerprint density at radius 1 is 1.23 bits per heavy atom. The highest BCUT2D eigenvalue weighted by Gasteiger charge is 2.19. The van der Waals surface area contributed by atoms with Crippen LogP contribution in [0, 0.1) is 0 Å². The third-order valence-corrected chi connectivity index (χ3v) is 2.90. The van der Waals surface area contributed by atoms with Crippen molar-refractivity contribution in [3.63, 3.8) is 0 Å². The second-order valence-corrected chi connectivity index (χ2v) is 4.64. The van der Waals surface area contributed by atoms with Crippen LogP contribution in [0.2, 0.25) is 0 Å². The Bertz CT molecular complexity index is 515. The number of hydrogen-bond acceptors (Lipinski definition) is 5. The van der Waals surface area contributed by atoms with E-state index in [0.717, 1.165) is 6.42 Å². The van der Waals surface area contributed by atoms with Crippen molar-refractivity contribution in [1.82, 2.24) is 5.32 Å². The summed E-state index contributed by atoms with van der Waals surface area (Å²) in [6.07, 6.45) is -0.0284. The molecule has 1 rings (SSSR count). The predicted molar refractivity (Wildman–Crippen MR) is 82.3 cm³/mol. The summed E-state index contributed by atoms with van der Waals surface area (Å²) in [6, 6.07) is 4.75. The van der Waals surface area contributed by atoms with Crippen LogP contribution >= 0.6 is 0 Å². The molecule has 0 unspecified atom stereocenters. The number of carbonyl (C=O) groups is 2. The molecule has 0 aliphatic rings. The van der Waals surface area contributed by atoms with Gasteiger partial charge in [0.25, 0.3) is 5.91 Å². The van der Waals surface area contributed by atoms with Crippen molar-refractivity contribution >= 4 is 11.9 Å². The third kappa shape index (κ3) is 4.95. The number of ether oxygens (including phenoxy) is 3. The van der Waals surface area contributed by atoms with Gasteiger partial charge in [0.2, 0.25) is 0 Å². The second-order valence-electron chi connectivity index (χ2n) is 4.64. The Hall–Kier alpha value is -2.24. The molecular weight excluding hydrogens is 286 g/mol. The Kier molecular flexibility index (Phi) is 7.22. The normalized spacial score (nSPS) is 11.5. The van der Waals surface area contributed by atoms with Gasteiger partial charge in [0.1, 0.15) is 0 Å². The van der Waals surface area contributed by atoms with Gasteiger partial charge >= 0.3 is 5.97 Å². The first-order valence-electron chi connectivity index (χ1n) is 7.33. The van der Waals surface area contributed by atoms with Crippen molar-refractivity contribution in [2.45, 2.75) is 33.3 Å². The summed E-state index contributed by atoms with van der Waals surface area (Å²) in [5, 5.41) is 2.68. The maximum absolute atomic E-state index is 12.1. The molecule has 0 aromatic heterocycles. The van der Waals surface area contributed by atoms with Gasteiger partial charge in [0.15, 0.2) is 17.6 Å². The van der Waals surface area contributed by atoms with Crippen molar-refractivity contribution in [2.24, 2.45) is 0 Å². The Labute approximate surface area is 130 Å². The lowest BCUT2D eigenvalue weighted by Crippen LogP contribution is -2.36. The highest BCUT2D eigenvalue weighted by atomic mass is 16.5. The van der Waals surface area contributed by atoms with Gasteiger partial charge in [-0.2, -0.15) is 0 Å². The van der Waals surface area contributed by atoms with Gasteiger partial charge in [-0.15, -0.1) is 0 Å². The predicted octanol–water partition coefficient (Wildman–Crippen LogP) is 2.17. The zero-order valence-electron chi connectivity index (χ0n) is 13.5. The molecule has 0 fully saturated rings. The van der Waals surface area contributed by atoms with Crippen molar-refractivity contribution in [3.05, 3.63) is 23.8 Å². The SMILES string of the molecule is CCCNC(=O)[C@@H](C)OC(=O)c1ccc(OCC)c(OC)c1. The maximum Gasteiger partial charge on any atom is 0.339 e. The van der Waals surface area contributed by atoms with E-state index in [1.54, 1.807) is 12.1 Å². The zero-order valence-corrected chi connectivity index (χ0v) is 13.5. The van der Waals surface area contributed by atoms with Crippen molar-refractivity contribution < 1.29 is 23.8 Å². The molecule has 0 bridgehead atoms. The van der Waals surface area contributed by atoms with E-state index in [1.807, 2.05) is 13.8 Å². The summed E-state index contributed by atoms with van der Waals surface area (Å²) in [6.45, 7) is 6.39. The first-order valence-corrected chi connectivity index (χ1v) is 7.33. The first kappa shape index (κ1) is 17.8. The topological polar surface area (TPSA) is 73.9 Å². The fraction of sp³-hybridized carbons (Fsp3) is 0.500. The Balaban J connectivity index is 2.74. The molecule has 122 valence electrons. The van der Waals surface area contributed by atoms with Crippen LogP contribution in [0.1, 0.15) is 37.6 Å². The minimum atomic E-state index is -0.850. The van der Waals surface area contributed by atoms with E-state index in [4.69, 9.17) is 14.2 Å². The first-order chi connectivity index (χ1) is 10.5. The third-order valence-electron chi connectivity index (χ3n) is 2.90. The minimum Gasteiger partial charge on any atom is -0.493 e. The molecule has 0 spiro atoms. The lowest BCUT2D eigenvalue weighted by molar-refractivity contribution is -0.129. The monoisotopic (exact) mass is 309 g/mol. The average molecular weight is 309 g/mol. The molecule has 0 aliphatic heterocycles. The lowest BCUT2D eigenvalue weighted by Gasteiger charge is -2.14. The van der Waals surface area contributed by atoms with Crippen LogP contribution in [-0.2, 0) is 9.53 Å². The minimum absolute atomic E-state index is 0.301. The number of hydrogen-bond donors (Lipinski definition) is 1. The van der Waals surface area contributed by atoms with E-state index in [9.17, 15) is 9.59 Å². The molecular formula is C16H23NO5. The molecule has 6 nitrogen and oxygen atoms in total. The highest BCUT2D eigenvalue weighted by Crippen LogP contribution is 2.28. The van der Waals surface area contributed by atoms with Gasteiger partial charge in [-0.05, 0) is 38.5 Å². The molecule has 1 aromatic carbocycles. The van der Waals surface area contributed by atoms with E-state index >= 15 is 0 Å². The number of carbonyl (C=O) groups excluding carboxylic acids is 2. The molecule has 1 N–H and O–H groups in total. The van der Waals surface area contributed by atoms with E-state index in [2.05, 4.69) is 5.32 Å². The largest absolute Gasteiger partial charge is 0.493 e. The van der Waals surface area contributed by atoms with Gasteiger partial charge in [-0.3, -0.25) is 4.79 Å². The maximum atomic E-state index is 12.1. The molecule has 0 aliphatic carbocycles. The Morgan fingerprint density at radius 3 is 2.55 bits per heavy atom. The van der Waals surface area contributed by atoms with Crippen LogP contribution < -0.4 is 14.8 Å². The summed E-state index contributed by atoms with van der Waals surface area (Å²) in [5.74, 6) is 0.100. The smallest absolute Gasteiger partial charge is 0.339 e. The molecule has 1 aromatic rings. The van der Waals surface area contributed by atoms with Crippen LogP contribution in [0.3, 0.4) is 0 Å². The van der Waals surface area contributed by atoms with Gasteiger partial charge in [-0.25, -0.2) is 4.79 Å². The fourth-order valence-electron chi connectivity index (χ4n) is 1.74. The molecule has 6 heteroatoms. The summed E-state index contributed by atoms with van der Waals surface area (Å²) < 4.78 is 15.7. The van der Waals surface area contributed by atoms with Crippen LogP contribution in [0.4, 0.5) is 0 Å². The van der Waals surface area contributed by atoms with Crippen molar-refractivity contribution in [1.29, 1.82) is 0 Å². The number of nitrogens with one attached hydrogen (secondary N) is 1. The number of benzene rings is 1. The average Bonchev–Trinajstić information content (AvgIpc) is 2.52.